The fourth-order valence-corrected chi connectivity index (χ4v) is 4.09. The maximum absolute atomic E-state index is 12.6. The van der Waals surface area contributed by atoms with Crippen LogP contribution in [0.3, 0.4) is 0 Å². The van der Waals surface area contributed by atoms with Crippen LogP contribution in [0, 0.1) is 11.8 Å². The molecule has 0 bridgehead atoms. The van der Waals surface area contributed by atoms with Crippen LogP contribution in [-0.4, -0.2) is 39.4 Å². The minimum Gasteiger partial charge on any atom is -0.342 e. The molecule has 6 nitrogen and oxygen atoms in total. The maximum atomic E-state index is 12.6. The molecule has 1 aromatic heterocycles. The Morgan fingerprint density at radius 3 is 2.75 bits per heavy atom. The molecule has 0 aliphatic carbocycles. The number of nitrogens with zero attached hydrogens (tertiary/aromatic N) is 3. The number of benzene rings is 1. The monoisotopic (exact) mass is 380 g/mol. The highest BCUT2D eigenvalue weighted by Gasteiger charge is 2.34. The molecule has 0 spiro atoms. The molecule has 1 fully saturated rings. The third-order valence-corrected chi connectivity index (χ3v) is 5.53. The van der Waals surface area contributed by atoms with Gasteiger partial charge in [0, 0.05) is 49.9 Å². The number of fused-ring (bicyclic) bond motifs is 1. The van der Waals surface area contributed by atoms with E-state index in [1.807, 2.05) is 24.3 Å². The van der Waals surface area contributed by atoms with Gasteiger partial charge < -0.3 is 14.8 Å². The number of anilines is 1. The van der Waals surface area contributed by atoms with Gasteiger partial charge in [-0.25, -0.2) is 4.98 Å². The minimum atomic E-state index is -0.272. The smallest absolute Gasteiger partial charge is 0.229 e. The van der Waals surface area contributed by atoms with Crippen LogP contribution in [0.15, 0.2) is 30.5 Å². The number of rotatable bonds is 5. The molecular formula is C22H28N4O2. The maximum Gasteiger partial charge on any atom is 0.229 e. The topological polar surface area (TPSA) is 67.2 Å². The average molecular weight is 380 g/mol. The Bertz CT molecular complexity index is 846. The van der Waals surface area contributed by atoms with Crippen molar-refractivity contribution in [3.05, 3.63) is 36.3 Å². The molecule has 3 heterocycles. The Morgan fingerprint density at radius 1 is 1.25 bits per heavy atom. The lowest BCUT2D eigenvalue weighted by Crippen LogP contribution is -2.31. The number of hydrogen-bond acceptors (Lipinski definition) is 3. The molecule has 2 amide bonds. The lowest BCUT2D eigenvalue weighted by molar-refractivity contribution is -0.128. The minimum absolute atomic E-state index is 0.0768. The van der Waals surface area contributed by atoms with E-state index in [9.17, 15) is 9.59 Å². The molecule has 0 radical (unpaired) electrons. The van der Waals surface area contributed by atoms with Crippen molar-refractivity contribution in [2.75, 3.05) is 18.4 Å². The normalized spacial score (nSPS) is 19.2. The number of imidazole rings is 1. The van der Waals surface area contributed by atoms with Gasteiger partial charge in [-0.1, -0.05) is 26.0 Å². The molecule has 4 rings (SSSR count). The Labute approximate surface area is 165 Å². The summed E-state index contributed by atoms with van der Waals surface area (Å²) in [6, 6.07) is 7.81. The molecule has 2 aromatic rings. The van der Waals surface area contributed by atoms with Gasteiger partial charge in [-0.05, 0) is 30.9 Å². The molecule has 1 N–H and O–H groups in total. The van der Waals surface area contributed by atoms with Crippen LogP contribution in [0.25, 0.3) is 11.3 Å². The summed E-state index contributed by atoms with van der Waals surface area (Å²) < 4.78 is 2.24. The molecule has 1 saturated heterocycles. The average Bonchev–Trinajstić information content (AvgIpc) is 3.26. The number of aryl methyl sites for hydroxylation is 2. The molecule has 1 atom stereocenters. The van der Waals surface area contributed by atoms with Crippen LogP contribution < -0.4 is 5.32 Å². The van der Waals surface area contributed by atoms with Crippen molar-refractivity contribution in [1.29, 1.82) is 0 Å². The number of carbonyl (C=O) groups is 2. The number of hydrogen-bond donors (Lipinski definition) is 1. The van der Waals surface area contributed by atoms with Crippen molar-refractivity contribution in [3.63, 3.8) is 0 Å². The fraction of sp³-hybridized carbons (Fsp3) is 0.500. The van der Waals surface area contributed by atoms with E-state index in [1.54, 1.807) is 4.90 Å². The molecule has 148 valence electrons. The Balaban J connectivity index is 1.39. The van der Waals surface area contributed by atoms with Crippen LogP contribution in [-0.2, 0) is 22.6 Å². The van der Waals surface area contributed by atoms with Crippen LogP contribution in [0.2, 0.25) is 0 Å². The number of aromatic nitrogens is 2. The first-order valence-electron chi connectivity index (χ1n) is 10.2. The first kappa shape index (κ1) is 18.7. The third kappa shape index (κ3) is 3.96. The molecule has 28 heavy (non-hydrogen) atoms. The standard InChI is InChI=1S/C22H28N4O2/c1-15(2)12-26-13-17(11-21(26)27)22(28)23-18-8-6-16(7-9-18)19-14-25-10-4-3-5-20(25)24-19/h6-9,14-15,17H,3-5,10-13H2,1-2H3,(H,23,28). The number of nitrogens with one attached hydrogen (secondary N) is 1. The van der Waals surface area contributed by atoms with Crippen LogP contribution in [0.4, 0.5) is 5.69 Å². The zero-order valence-corrected chi connectivity index (χ0v) is 16.6. The van der Waals surface area contributed by atoms with E-state index in [0.717, 1.165) is 35.7 Å². The predicted octanol–water partition coefficient (Wildman–Crippen LogP) is 3.33. The summed E-state index contributed by atoms with van der Waals surface area (Å²) in [5, 5.41) is 2.96. The van der Waals surface area contributed by atoms with Gasteiger partial charge in [0.1, 0.15) is 5.82 Å². The zero-order chi connectivity index (χ0) is 19.7. The fourth-order valence-electron chi connectivity index (χ4n) is 4.09. The van der Waals surface area contributed by atoms with Crippen molar-refractivity contribution >= 4 is 17.5 Å². The molecule has 1 aromatic carbocycles. The second-order valence-corrected chi connectivity index (χ2v) is 8.35. The van der Waals surface area contributed by atoms with E-state index < -0.39 is 0 Å². The summed E-state index contributed by atoms with van der Waals surface area (Å²) in [7, 11) is 0. The second-order valence-electron chi connectivity index (χ2n) is 8.35. The highest BCUT2D eigenvalue weighted by molar-refractivity contribution is 5.97. The van der Waals surface area contributed by atoms with Crippen LogP contribution in [0.1, 0.15) is 38.9 Å². The van der Waals surface area contributed by atoms with Crippen LogP contribution >= 0.6 is 0 Å². The van der Waals surface area contributed by atoms with Gasteiger partial charge in [0.2, 0.25) is 11.8 Å². The SMILES string of the molecule is CC(C)CN1CC(C(=O)Nc2ccc(-c3cn4c(n3)CCCC4)cc2)CC1=O. The van der Waals surface area contributed by atoms with E-state index >= 15 is 0 Å². The van der Waals surface area contributed by atoms with Gasteiger partial charge in [-0.2, -0.15) is 0 Å². The first-order valence-corrected chi connectivity index (χ1v) is 10.2. The van der Waals surface area contributed by atoms with Gasteiger partial charge in [-0.3, -0.25) is 9.59 Å². The van der Waals surface area contributed by atoms with Gasteiger partial charge in [0.15, 0.2) is 0 Å². The summed E-state index contributed by atoms with van der Waals surface area (Å²) in [6.07, 6.45) is 5.89. The third-order valence-electron chi connectivity index (χ3n) is 5.53. The molecule has 2 aliphatic rings. The Morgan fingerprint density at radius 2 is 2.04 bits per heavy atom. The molecule has 0 saturated carbocycles. The highest BCUT2D eigenvalue weighted by atomic mass is 16.2. The summed E-state index contributed by atoms with van der Waals surface area (Å²) in [5.41, 5.74) is 2.80. The van der Waals surface area contributed by atoms with Crippen molar-refractivity contribution in [3.8, 4) is 11.3 Å². The van der Waals surface area contributed by atoms with E-state index in [2.05, 4.69) is 29.9 Å². The van der Waals surface area contributed by atoms with E-state index in [4.69, 9.17) is 4.98 Å². The van der Waals surface area contributed by atoms with Gasteiger partial charge in [0.05, 0.1) is 11.6 Å². The summed E-state index contributed by atoms with van der Waals surface area (Å²) in [5.74, 6) is 1.30. The number of carbonyl (C=O) groups excluding carboxylic acids is 2. The van der Waals surface area contributed by atoms with Crippen molar-refractivity contribution in [2.45, 2.75) is 46.1 Å². The summed E-state index contributed by atoms with van der Waals surface area (Å²) >= 11 is 0. The molecule has 1 unspecified atom stereocenters. The number of amides is 2. The lowest BCUT2D eigenvalue weighted by Gasteiger charge is -2.18. The summed E-state index contributed by atoms with van der Waals surface area (Å²) in [4.78, 5) is 31.2. The van der Waals surface area contributed by atoms with E-state index in [1.165, 1.54) is 12.8 Å². The summed E-state index contributed by atoms with van der Waals surface area (Å²) in [6.45, 7) is 6.44. The first-order chi connectivity index (χ1) is 13.5. The zero-order valence-electron chi connectivity index (χ0n) is 16.6. The largest absolute Gasteiger partial charge is 0.342 e. The predicted molar refractivity (Wildman–Crippen MR) is 109 cm³/mol. The van der Waals surface area contributed by atoms with E-state index in [-0.39, 0.29) is 17.7 Å². The van der Waals surface area contributed by atoms with Crippen molar-refractivity contribution in [2.24, 2.45) is 11.8 Å². The second kappa shape index (κ2) is 7.78. The van der Waals surface area contributed by atoms with E-state index in [0.29, 0.717) is 25.4 Å². The lowest BCUT2D eigenvalue weighted by atomic mass is 10.1. The molecular weight excluding hydrogens is 352 g/mol. The Kier molecular flexibility index (Phi) is 5.20. The molecule has 6 heteroatoms. The van der Waals surface area contributed by atoms with Gasteiger partial charge in [-0.15, -0.1) is 0 Å². The van der Waals surface area contributed by atoms with Crippen molar-refractivity contribution in [1.82, 2.24) is 14.5 Å². The Hall–Kier alpha value is -2.63. The number of likely N-dealkylation sites (tertiary alicyclic amines) is 1. The van der Waals surface area contributed by atoms with Crippen LogP contribution in [0.5, 0.6) is 0 Å². The highest BCUT2D eigenvalue weighted by Crippen LogP contribution is 2.25. The quantitative estimate of drug-likeness (QED) is 0.865. The van der Waals surface area contributed by atoms with Gasteiger partial charge in [0.25, 0.3) is 0 Å². The van der Waals surface area contributed by atoms with Crippen molar-refractivity contribution < 1.29 is 9.59 Å². The molecule has 2 aliphatic heterocycles. The van der Waals surface area contributed by atoms with Gasteiger partial charge >= 0.3 is 0 Å².